The lowest BCUT2D eigenvalue weighted by molar-refractivity contribution is 0.0954. The van der Waals surface area contributed by atoms with Crippen LogP contribution in [0, 0.1) is 19.3 Å². The van der Waals surface area contributed by atoms with Gasteiger partial charge < -0.3 is 5.32 Å². The number of hydrogen-bond donors (Lipinski definition) is 1. The fourth-order valence-electron chi connectivity index (χ4n) is 1.20. The van der Waals surface area contributed by atoms with Crippen LogP contribution in [0.3, 0.4) is 0 Å². The van der Waals surface area contributed by atoms with Gasteiger partial charge in [0.2, 0.25) is 0 Å². The van der Waals surface area contributed by atoms with Crippen molar-refractivity contribution in [2.24, 2.45) is 0 Å². The largest absolute Gasteiger partial charge is 0.351 e. The van der Waals surface area contributed by atoms with Crippen molar-refractivity contribution in [3.8, 4) is 12.3 Å². The van der Waals surface area contributed by atoms with Gasteiger partial charge in [-0.2, -0.15) is 0 Å². The monoisotopic (exact) mass is 221 g/mol. The summed E-state index contributed by atoms with van der Waals surface area (Å²) in [4.78, 5) is 11.7. The molecule has 0 unspecified atom stereocenters. The van der Waals surface area contributed by atoms with Crippen LogP contribution in [-0.2, 0) is 0 Å². The standard InChI is InChI=1S/C12H12ClNO/c1-3-4-8-14-12(15)10-6-5-7-11(13)9(10)2/h1,5-7H,4,8H2,2H3,(H,14,15). The molecule has 0 aliphatic carbocycles. The first-order valence-electron chi connectivity index (χ1n) is 4.63. The van der Waals surface area contributed by atoms with Crippen molar-refractivity contribution in [2.45, 2.75) is 13.3 Å². The van der Waals surface area contributed by atoms with Gasteiger partial charge in [-0.3, -0.25) is 4.79 Å². The van der Waals surface area contributed by atoms with Gasteiger partial charge in [-0.1, -0.05) is 17.7 Å². The molecule has 0 radical (unpaired) electrons. The van der Waals surface area contributed by atoms with Crippen molar-refractivity contribution >= 4 is 17.5 Å². The predicted octanol–water partition coefficient (Wildman–Crippen LogP) is 2.40. The van der Waals surface area contributed by atoms with Gasteiger partial charge in [0, 0.05) is 23.6 Å². The molecule has 1 rings (SSSR count). The number of carbonyl (C=O) groups is 1. The first kappa shape index (κ1) is 11.6. The van der Waals surface area contributed by atoms with Crippen molar-refractivity contribution in [3.63, 3.8) is 0 Å². The summed E-state index contributed by atoms with van der Waals surface area (Å²) in [7, 11) is 0. The molecular weight excluding hydrogens is 210 g/mol. The average Bonchev–Trinajstić information content (AvgIpc) is 2.22. The highest BCUT2D eigenvalue weighted by atomic mass is 35.5. The number of halogens is 1. The molecule has 0 aliphatic rings. The third-order valence-electron chi connectivity index (χ3n) is 2.07. The van der Waals surface area contributed by atoms with E-state index in [2.05, 4.69) is 11.2 Å². The van der Waals surface area contributed by atoms with E-state index in [1.165, 1.54) is 0 Å². The Labute approximate surface area is 94.6 Å². The number of hydrogen-bond acceptors (Lipinski definition) is 1. The normalized spacial score (nSPS) is 9.40. The minimum Gasteiger partial charge on any atom is -0.351 e. The fourth-order valence-corrected chi connectivity index (χ4v) is 1.37. The van der Waals surface area contributed by atoms with Crippen LogP contribution < -0.4 is 5.32 Å². The molecule has 0 saturated carbocycles. The van der Waals surface area contributed by atoms with Crippen molar-refractivity contribution in [2.75, 3.05) is 6.54 Å². The van der Waals surface area contributed by atoms with Gasteiger partial charge in [0.25, 0.3) is 5.91 Å². The first-order chi connectivity index (χ1) is 7.16. The summed E-state index contributed by atoms with van der Waals surface area (Å²) in [6.07, 6.45) is 5.62. The van der Waals surface area contributed by atoms with E-state index in [0.717, 1.165) is 5.56 Å². The molecule has 0 bridgehead atoms. The molecule has 0 heterocycles. The second kappa shape index (κ2) is 5.43. The van der Waals surface area contributed by atoms with E-state index < -0.39 is 0 Å². The summed E-state index contributed by atoms with van der Waals surface area (Å²) >= 11 is 5.91. The lowest BCUT2D eigenvalue weighted by atomic mass is 10.1. The summed E-state index contributed by atoms with van der Waals surface area (Å²) in [5, 5.41) is 3.32. The molecule has 78 valence electrons. The minimum absolute atomic E-state index is 0.134. The zero-order valence-electron chi connectivity index (χ0n) is 8.51. The molecule has 0 fully saturated rings. The number of carbonyl (C=O) groups excluding carboxylic acids is 1. The molecule has 3 heteroatoms. The van der Waals surface area contributed by atoms with Crippen molar-refractivity contribution < 1.29 is 4.79 Å². The quantitative estimate of drug-likeness (QED) is 0.617. The maximum atomic E-state index is 11.7. The van der Waals surface area contributed by atoms with Crippen LogP contribution in [0.25, 0.3) is 0 Å². The Hall–Kier alpha value is -1.46. The minimum atomic E-state index is -0.134. The van der Waals surface area contributed by atoms with Crippen molar-refractivity contribution in [1.82, 2.24) is 5.32 Å². The number of nitrogens with one attached hydrogen (secondary N) is 1. The molecule has 2 nitrogen and oxygen atoms in total. The van der Waals surface area contributed by atoms with Gasteiger partial charge in [0.05, 0.1) is 0 Å². The Morgan fingerprint density at radius 2 is 2.33 bits per heavy atom. The Balaban J connectivity index is 2.75. The summed E-state index contributed by atoms with van der Waals surface area (Å²) in [5.41, 5.74) is 1.39. The molecule has 1 aromatic rings. The highest BCUT2D eigenvalue weighted by Crippen LogP contribution is 2.18. The lowest BCUT2D eigenvalue weighted by Gasteiger charge is -2.07. The zero-order valence-corrected chi connectivity index (χ0v) is 9.27. The third-order valence-corrected chi connectivity index (χ3v) is 2.48. The number of benzene rings is 1. The molecule has 15 heavy (non-hydrogen) atoms. The number of rotatable bonds is 3. The van der Waals surface area contributed by atoms with E-state index in [4.69, 9.17) is 18.0 Å². The molecule has 0 saturated heterocycles. The topological polar surface area (TPSA) is 29.1 Å². The molecule has 1 amide bonds. The average molecular weight is 222 g/mol. The Morgan fingerprint density at radius 3 is 3.00 bits per heavy atom. The highest BCUT2D eigenvalue weighted by molar-refractivity contribution is 6.31. The van der Waals surface area contributed by atoms with E-state index in [9.17, 15) is 4.79 Å². The third kappa shape index (κ3) is 3.00. The predicted molar refractivity (Wildman–Crippen MR) is 62.0 cm³/mol. The molecule has 0 aromatic heterocycles. The summed E-state index contributed by atoms with van der Waals surface area (Å²) in [6, 6.07) is 5.26. The Morgan fingerprint density at radius 1 is 1.60 bits per heavy atom. The van der Waals surface area contributed by atoms with E-state index in [1.54, 1.807) is 18.2 Å². The van der Waals surface area contributed by atoms with Gasteiger partial charge in [-0.05, 0) is 24.6 Å². The van der Waals surface area contributed by atoms with Gasteiger partial charge in [-0.25, -0.2) is 0 Å². The van der Waals surface area contributed by atoms with Crippen LogP contribution in [0.5, 0.6) is 0 Å². The number of amides is 1. The SMILES string of the molecule is C#CCCNC(=O)c1cccc(Cl)c1C. The molecule has 0 atom stereocenters. The highest BCUT2D eigenvalue weighted by Gasteiger charge is 2.09. The summed E-state index contributed by atoms with van der Waals surface area (Å²) in [6.45, 7) is 2.31. The Bertz CT molecular complexity index is 407. The zero-order chi connectivity index (χ0) is 11.3. The fraction of sp³-hybridized carbons (Fsp3) is 0.250. The molecule has 0 spiro atoms. The molecule has 1 aromatic carbocycles. The lowest BCUT2D eigenvalue weighted by Crippen LogP contribution is -2.24. The van der Waals surface area contributed by atoms with Gasteiger partial charge in [-0.15, -0.1) is 12.3 Å². The van der Waals surface area contributed by atoms with E-state index >= 15 is 0 Å². The smallest absolute Gasteiger partial charge is 0.251 e. The maximum absolute atomic E-state index is 11.7. The van der Waals surface area contributed by atoms with Crippen molar-refractivity contribution in [3.05, 3.63) is 34.3 Å². The van der Waals surface area contributed by atoms with Gasteiger partial charge in [0.15, 0.2) is 0 Å². The van der Waals surface area contributed by atoms with E-state index in [-0.39, 0.29) is 5.91 Å². The van der Waals surface area contributed by atoms with Crippen LogP contribution >= 0.6 is 11.6 Å². The van der Waals surface area contributed by atoms with Gasteiger partial charge in [0.1, 0.15) is 0 Å². The Kier molecular flexibility index (Phi) is 4.20. The second-order valence-electron chi connectivity index (χ2n) is 3.12. The van der Waals surface area contributed by atoms with E-state index in [0.29, 0.717) is 23.6 Å². The van der Waals surface area contributed by atoms with Crippen LogP contribution in [0.15, 0.2) is 18.2 Å². The van der Waals surface area contributed by atoms with Crippen LogP contribution in [0.4, 0.5) is 0 Å². The van der Waals surface area contributed by atoms with E-state index in [1.807, 2.05) is 6.92 Å². The second-order valence-corrected chi connectivity index (χ2v) is 3.53. The summed E-state index contributed by atoms with van der Waals surface area (Å²) < 4.78 is 0. The van der Waals surface area contributed by atoms with Crippen molar-refractivity contribution in [1.29, 1.82) is 0 Å². The van der Waals surface area contributed by atoms with Gasteiger partial charge >= 0.3 is 0 Å². The van der Waals surface area contributed by atoms with Crippen LogP contribution in [-0.4, -0.2) is 12.5 Å². The molecular formula is C12H12ClNO. The maximum Gasteiger partial charge on any atom is 0.251 e. The first-order valence-corrected chi connectivity index (χ1v) is 5.01. The van der Waals surface area contributed by atoms with Crippen LogP contribution in [0.1, 0.15) is 22.3 Å². The summed E-state index contributed by atoms with van der Waals surface area (Å²) in [5.74, 6) is 2.33. The number of terminal acetylenes is 1. The molecule has 1 N–H and O–H groups in total. The van der Waals surface area contributed by atoms with Crippen LogP contribution in [0.2, 0.25) is 5.02 Å². The molecule has 0 aliphatic heterocycles.